The number of carbonyl (C=O) groups is 1. The summed E-state index contributed by atoms with van der Waals surface area (Å²) in [6.45, 7) is 17.4. The second-order valence-corrected chi connectivity index (χ2v) is 15.4. The number of nitrogens with zero attached hydrogens (tertiary/aromatic N) is 1. The van der Waals surface area contributed by atoms with Crippen molar-refractivity contribution in [2.24, 2.45) is 5.92 Å². The molecule has 0 radical (unpaired) electrons. The highest BCUT2D eigenvalue weighted by atomic mass is 28.4. The maximum atomic E-state index is 13.0. The molecule has 1 saturated heterocycles. The van der Waals surface area contributed by atoms with E-state index in [0.717, 1.165) is 12.8 Å². The van der Waals surface area contributed by atoms with Crippen molar-refractivity contribution in [3.8, 4) is 0 Å². The first-order chi connectivity index (χ1) is 13.2. The van der Waals surface area contributed by atoms with Gasteiger partial charge in [-0.25, -0.2) is 4.79 Å². The molecule has 5 nitrogen and oxygen atoms in total. The molecule has 1 aliphatic rings. The van der Waals surface area contributed by atoms with Crippen molar-refractivity contribution < 1.29 is 19.1 Å². The number of likely N-dealkylation sites (tertiary alicyclic amines) is 1. The Morgan fingerprint density at radius 1 is 1.17 bits per heavy atom. The fourth-order valence-electron chi connectivity index (χ4n) is 3.44. The number of rotatable bonds is 4. The molecule has 6 heteroatoms. The van der Waals surface area contributed by atoms with Gasteiger partial charge < -0.3 is 14.3 Å². The monoisotopic (exact) mass is 421 g/mol. The molecule has 0 bridgehead atoms. The average Bonchev–Trinajstić information content (AvgIpc) is 2.59. The van der Waals surface area contributed by atoms with Crippen molar-refractivity contribution in [3.05, 3.63) is 35.9 Å². The predicted octanol–water partition coefficient (Wildman–Crippen LogP) is 5.50. The van der Waals surface area contributed by atoms with Crippen molar-refractivity contribution in [3.63, 3.8) is 0 Å². The molecule has 2 atom stereocenters. The summed E-state index contributed by atoms with van der Waals surface area (Å²) in [5, 5.41) is 12.1. The Balaban J connectivity index is 2.38. The summed E-state index contributed by atoms with van der Waals surface area (Å²) < 4.78 is 12.1. The lowest BCUT2D eigenvalue weighted by molar-refractivity contribution is -0.177. The fraction of sp³-hybridized carbons (Fsp3) is 0.696. The van der Waals surface area contributed by atoms with Crippen LogP contribution in [-0.2, 0) is 14.9 Å². The first-order valence-corrected chi connectivity index (χ1v) is 13.5. The number of hydrogen-bond donors (Lipinski definition) is 1. The van der Waals surface area contributed by atoms with E-state index in [-0.39, 0.29) is 11.0 Å². The Morgan fingerprint density at radius 2 is 1.76 bits per heavy atom. The molecule has 0 spiro atoms. The van der Waals surface area contributed by atoms with E-state index < -0.39 is 25.7 Å². The summed E-state index contributed by atoms with van der Waals surface area (Å²) >= 11 is 0. The van der Waals surface area contributed by atoms with E-state index in [9.17, 15) is 9.90 Å². The SMILES string of the molecule is CC(C)(C)OC(=O)N1CCCC(CO[Si](C)(C)C(C)(C)C)C1(O)c1ccccc1. The number of ether oxygens (including phenoxy) is 1. The first-order valence-electron chi connectivity index (χ1n) is 10.6. The maximum absolute atomic E-state index is 13.0. The van der Waals surface area contributed by atoms with Crippen molar-refractivity contribution >= 4 is 14.4 Å². The van der Waals surface area contributed by atoms with Crippen molar-refractivity contribution in [1.82, 2.24) is 4.90 Å². The third-order valence-electron chi connectivity index (χ3n) is 6.18. The molecular formula is C23H39NO4Si. The molecule has 2 rings (SSSR count). The minimum absolute atomic E-state index is 0.0807. The van der Waals surface area contributed by atoms with Crippen molar-refractivity contribution in [2.45, 2.75) is 83.8 Å². The molecule has 29 heavy (non-hydrogen) atoms. The number of piperidine rings is 1. The highest BCUT2D eigenvalue weighted by Crippen LogP contribution is 2.43. The lowest BCUT2D eigenvalue weighted by Crippen LogP contribution is -2.59. The number of hydrogen-bond acceptors (Lipinski definition) is 4. The van der Waals surface area contributed by atoms with Gasteiger partial charge in [0.15, 0.2) is 14.0 Å². The molecule has 1 aromatic carbocycles. The molecule has 1 heterocycles. The maximum Gasteiger partial charge on any atom is 0.412 e. The third kappa shape index (κ3) is 5.41. The van der Waals surface area contributed by atoms with Gasteiger partial charge in [-0.3, -0.25) is 4.90 Å². The van der Waals surface area contributed by atoms with E-state index in [0.29, 0.717) is 18.7 Å². The standard InChI is InChI=1S/C23H39NO4Si/c1-21(2,3)28-20(25)24-16-12-15-19(17-27-29(7,8)22(4,5)6)23(24,26)18-13-10-9-11-14-18/h9-11,13-14,19,26H,12,15-17H2,1-8H3. The van der Waals surface area contributed by atoms with Crippen LogP contribution < -0.4 is 0 Å². The molecule has 2 unspecified atom stereocenters. The highest BCUT2D eigenvalue weighted by Gasteiger charge is 2.50. The highest BCUT2D eigenvalue weighted by molar-refractivity contribution is 6.74. The number of carbonyl (C=O) groups excluding carboxylic acids is 1. The lowest BCUT2D eigenvalue weighted by atomic mass is 9.81. The molecule has 164 valence electrons. The van der Waals surface area contributed by atoms with E-state index in [1.165, 1.54) is 4.90 Å². The van der Waals surface area contributed by atoms with Crippen LogP contribution in [0.15, 0.2) is 30.3 Å². The van der Waals surface area contributed by atoms with Crippen molar-refractivity contribution in [1.29, 1.82) is 0 Å². The second kappa shape index (κ2) is 8.40. The lowest BCUT2D eigenvalue weighted by Gasteiger charge is -2.49. The zero-order valence-electron chi connectivity index (χ0n) is 19.4. The molecule has 0 aromatic heterocycles. The predicted molar refractivity (Wildman–Crippen MR) is 119 cm³/mol. The normalized spacial score (nSPS) is 23.8. The molecular weight excluding hydrogens is 382 g/mol. The zero-order chi connectivity index (χ0) is 22.1. The number of amides is 1. The van der Waals surface area contributed by atoms with E-state index in [4.69, 9.17) is 9.16 Å². The van der Waals surface area contributed by atoms with Crippen LogP contribution in [0.3, 0.4) is 0 Å². The minimum Gasteiger partial charge on any atom is -0.444 e. The summed E-state index contributed by atoms with van der Waals surface area (Å²) in [7, 11) is -1.99. The summed E-state index contributed by atoms with van der Waals surface area (Å²) in [4.78, 5) is 14.5. The number of aliphatic hydroxyl groups is 1. The topological polar surface area (TPSA) is 59.0 Å². The Morgan fingerprint density at radius 3 is 2.28 bits per heavy atom. The van der Waals surface area contributed by atoms with Crippen LogP contribution in [0, 0.1) is 5.92 Å². The summed E-state index contributed by atoms with van der Waals surface area (Å²) in [6.07, 6.45) is 1.11. The van der Waals surface area contributed by atoms with Gasteiger partial charge >= 0.3 is 6.09 Å². The van der Waals surface area contributed by atoms with Gasteiger partial charge in [0.25, 0.3) is 0 Å². The smallest absolute Gasteiger partial charge is 0.412 e. The van der Waals surface area contributed by atoms with E-state index in [1.54, 1.807) is 0 Å². The van der Waals surface area contributed by atoms with Crippen LogP contribution in [0.5, 0.6) is 0 Å². The van der Waals surface area contributed by atoms with E-state index >= 15 is 0 Å². The van der Waals surface area contributed by atoms with Gasteiger partial charge in [0.1, 0.15) is 5.60 Å². The molecule has 0 saturated carbocycles. The Kier molecular flexibility index (Phi) is 6.92. The van der Waals surface area contributed by atoms with Gasteiger partial charge in [-0.15, -0.1) is 0 Å². The van der Waals surface area contributed by atoms with Crippen LogP contribution in [0.1, 0.15) is 59.9 Å². The Hall–Kier alpha value is -1.37. The van der Waals surface area contributed by atoms with Gasteiger partial charge in [-0.05, 0) is 51.7 Å². The van der Waals surface area contributed by atoms with Crippen LogP contribution >= 0.6 is 0 Å². The number of benzene rings is 1. The third-order valence-corrected chi connectivity index (χ3v) is 10.7. The fourth-order valence-corrected chi connectivity index (χ4v) is 4.49. The van der Waals surface area contributed by atoms with Crippen LogP contribution in [0.4, 0.5) is 4.79 Å². The molecule has 1 amide bonds. The quantitative estimate of drug-likeness (QED) is 0.652. The zero-order valence-corrected chi connectivity index (χ0v) is 20.4. The largest absolute Gasteiger partial charge is 0.444 e. The Labute approximate surface area is 177 Å². The summed E-state index contributed by atoms with van der Waals surface area (Å²) in [6, 6.07) is 9.44. The molecule has 1 aromatic rings. The van der Waals surface area contributed by atoms with E-state index in [2.05, 4.69) is 33.9 Å². The van der Waals surface area contributed by atoms with Gasteiger partial charge in [0.05, 0.1) is 0 Å². The minimum atomic E-state index is -1.99. The van der Waals surface area contributed by atoms with Gasteiger partial charge in [0, 0.05) is 24.6 Å². The second-order valence-electron chi connectivity index (χ2n) is 10.6. The summed E-state index contributed by atoms with van der Waals surface area (Å²) in [5.74, 6) is -0.222. The summed E-state index contributed by atoms with van der Waals surface area (Å²) in [5.41, 5.74) is -1.38. The van der Waals surface area contributed by atoms with E-state index in [1.807, 2.05) is 51.1 Å². The van der Waals surface area contributed by atoms with Crippen molar-refractivity contribution in [2.75, 3.05) is 13.2 Å². The van der Waals surface area contributed by atoms with Gasteiger partial charge in [0.2, 0.25) is 0 Å². The van der Waals surface area contributed by atoms with Crippen LogP contribution in [0.25, 0.3) is 0 Å². The first kappa shape index (κ1) is 23.9. The van der Waals surface area contributed by atoms with Crippen LogP contribution in [0.2, 0.25) is 18.1 Å². The average molecular weight is 422 g/mol. The van der Waals surface area contributed by atoms with Gasteiger partial charge in [-0.2, -0.15) is 0 Å². The molecule has 0 aliphatic carbocycles. The molecule has 1 N–H and O–H groups in total. The van der Waals surface area contributed by atoms with Gasteiger partial charge in [-0.1, -0.05) is 51.1 Å². The van der Waals surface area contributed by atoms with Crippen LogP contribution in [-0.4, -0.2) is 43.2 Å². The Bertz CT molecular complexity index is 693. The molecule has 1 fully saturated rings. The molecule has 1 aliphatic heterocycles.